The van der Waals surface area contributed by atoms with Gasteiger partial charge in [0, 0.05) is 29.9 Å². The minimum Gasteiger partial charge on any atom is -0.326 e. The molecule has 0 radical (unpaired) electrons. The number of nitrogens with zero attached hydrogens (tertiary/aromatic N) is 1. The number of amides is 2. The molecule has 26 heavy (non-hydrogen) atoms. The number of hydrogen-bond acceptors (Lipinski definition) is 3. The fourth-order valence-corrected chi connectivity index (χ4v) is 3.22. The van der Waals surface area contributed by atoms with Gasteiger partial charge in [-0.15, -0.1) is 0 Å². The van der Waals surface area contributed by atoms with Gasteiger partial charge in [-0.05, 0) is 49.2 Å². The first-order valence-electron chi connectivity index (χ1n) is 8.79. The van der Waals surface area contributed by atoms with E-state index in [1.54, 1.807) is 29.2 Å². The van der Waals surface area contributed by atoms with Gasteiger partial charge in [-0.2, -0.15) is 0 Å². The molecule has 1 saturated heterocycles. The average Bonchev–Trinajstić information content (AvgIpc) is 3.04. The van der Waals surface area contributed by atoms with E-state index in [9.17, 15) is 14.4 Å². The molecule has 1 aliphatic heterocycles. The number of carbonyl (C=O) groups is 3. The van der Waals surface area contributed by atoms with E-state index in [-0.39, 0.29) is 29.9 Å². The Morgan fingerprint density at radius 1 is 1.12 bits per heavy atom. The van der Waals surface area contributed by atoms with Crippen molar-refractivity contribution in [1.82, 2.24) is 0 Å². The minimum atomic E-state index is -0.389. The number of carbonyl (C=O) groups excluding carboxylic acids is 3. The summed E-state index contributed by atoms with van der Waals surface area (Å²) in [4.78, 5) is 38.0. The van der Waals surface area contributed by atoms with Crippen molar-refractivity contribution >= 4 is 29.0 Å². The van der Waals surface area contributed by atoms with Crippen LogP contribution in [0, 0.1) is 5.92 Å². The van der Waals surface area contributed by atoms with Crippen LogP contribution in [0.2, 0.25) is 0 Å². The van der Waals surface area contributed by atoms with Gasteiger partial charge in [-0.1, -0.05) is 25.1 Å². The second-order valence-corrected chi connectivity index (χ2v) is 6.51. The molecule has 1 N–H and O–H groups in total. The number of rotatable bonds is 5. The van der Waals surface area contributed by atoms with Crippen molar-refractivity contribution < 1.29 is 14.4 Å². The lowest BCUT2D eigenvalue weighted by Crippen LogP contribution is -2.28. The van der Waals surface area contributed by atoms with Crippen LogP contribution in [0.4, 0.5) is 11.4 Å². The van der Waals surface area contributed by atoms with Crippen LogP contribution in [-0.2, 0) is 16.0 Å². The first-order chi connectivity index (χ1) is 12.5. The van der Waals surface area contributed by atoms with Crippen LogP contribution in [0.25, 0.3) is 0 Å². The monoisotopic (exact) mass is 350 g/mol. The Kier molecular flexibility index (Phi) is 5.16. The Balaban J connectivity index is 1.70. The third-order valence-corrected chi connectivity index (χ3v) is 4.72. The Morgan fingerprint density at radius 3 is 2.46 bits per heavy atom. The van der Waals surface area contributed by atoms with E-state index >= 15 is 0 Å². The molecule has 0 spiro atoms. The van der Waals surface area contributed by atoms with Gasteiger partial charge in [0.15, 0.2) is 5.78 Å². The van der Waals surface area contributed by atoms with Gasteiger partial charge in [0.1, 0.15) is 0 Å². The van der Waals surface area contributed by atoms with Crippen molar-refractivity contribution in [1.29, 1.82) is 0 Å². The molecule has 3 rings (SSSR count). The lowest BCUT2D eigenvalue weighted by molar-refractivity contribution is -0.122. The van der Waals surface area contributed by atoms with Gasteiger partial charge >= 0.3 is 0 Å². The highest BCUT2D eigenvalue weighted by Gasteiger charge is 2.35. The second-order valence-electron chi connectivity index (χ2n) is 6.51. The van der Waals surface area contributed by atoms with Crippen LogP contribution < -0.4 is 10.2 Å². The number of anilines is 2. The minimum absolute atomic E-state index is 0.0190. The highest BCUT2D eigenvalue weighted by Crippen LogP contribution is 2.29. The summed E-state index contributed by atoms with van der Waals surface area (Å²) in [5.41, 5.74) is 3.21. The molecule has 2 aromatic carbocycles. The molecule has 1 heterocycles. The van der Waals surface area contributed by atoms with E-state index in [1.165, 1.54) is 6.92 Å². The predicted molar refractivity (Wildman–Crippen MR) is 101 cm³/mol. The van der Waals surface area contributed by atoms with Crippen LogP contribution in [0.5, 0.6) is 0 Å². The summed E-state index contributed by atoms with van der Waals surface area (Å²) in [6.45, 7) is 3.93. The molecule has 0 saturated carbocycles. The van der Waals surface area contributed by atoms with Crippen LogP contribution in [0.1, 0.15) is 36.2 Å². The fraction of sp³-hybridized carbons (Fsp3) is 0.286. The molecule has 5 nitrogen and oxygen atoms in total. The maximum atomic E-state index is 12.6. The molecular weight excluding hydrogens is 328 g/mol. The smallest absolute Gasteiger partial charge is 0.229 e. The zero-order chi connectivity index (χ0) is 18.7. The van der Waals surface area contributed by atoms with E-state index < -0.39 is 0 Å². The Labute approximate surface area is 153 Å². The standard InChI is InChI=1S/C21H22N2O3/c1-3-15-6-4-5-7-19(15)23-13-17(12-20(23)25)21(26)22-18-10-8-16(9-11-18)14(2)24/h4-11,17H,3,12-13H2,1-2H3,(H,22,26)/t17-/m1/s1. The number of benzene rings is 2. The van der Waals surface area contributed by atoms with E-state index in [2.05, 4.69) is 5.32 Å². The molecule has 0 unspecified atom stereocenters. The number of Topliss-reactive ketones (excluding diaryl/α,β-unsaturated/α-hetero) is 1. The number of nitrogens with one attached hydrogen (secondary N) is 1. The van der Waals surface area contributed by atoms with E-state index in [1.807, 2.05) is 31.2 Å². The van der Waals surface area contributed by atoms with Crippen molar-refractivity contribution in [3.05, 3.63) is 59.7 Å². The molecule has 1 aliphatic rings. The quantitative estimate of drug-likeness (QED) is 0.840. The zero-order valence-corrected chi connectivity index (χ0v) is 15.0. The maximum absolute atomic E-state index is 12.6. The van der Waals surface area contributed by atoms with Crippen LogP contribution in [-0.4, -0.2) is 24.1 Å². The largest absolute Gasteiger partial charge is 0.326 e. The van der Waals surface area contributed by atoms with Gasteiger partial charge < -0.3 is 10.2 Å². The summed E-state index contributed by atoms with van der Waals surface area (Å²) in [7, 11) is 0. The SMILES string of the molecule is CCc1ccccc1N1C[C@H](C(=O)Nc2ccc(C(C)=O)cc2)CC1=O. The van der Waals surface area contributed by atoms with Crippen molar-refractivity contribution in [2.75, 3.05) is 16.8 Å². The molecular formula is C21H22N2O3. The van der Waals surface area contributed by atoms with Gasteiger partial charge in [-0.3, -0.25) is 14.4 Å². The predicted octanol–water partition coefficient (Wildman–Crippen LogP) is 3.44. The summed E-state index contributed by atoms with van der Waals surface area (Å²) in [6.07, 6.45) is 1.04. The number of ketones is 1. The van der Waals surface area contributed by atoms with Crippen molar-refractivity contribution in [3.8, 4) is 0 Å². The van der Waals surface area contributed by atoms with E-state index in [0.29, 0.717) is 17.8 Å². The molecule has 0 bridgehead atoms. The molecule has 2 aromatic rings. The molecule has 134 valence electrons. The highest BCUT2D eigenvalue weighted by atomic mass is 16.2. The first-order valence-corrected chi connectivity index (χ1v) is 8.79. The fourth-order valence-electron chi connectivity index (χ4n) is 3.22. The molecule has 0 aromatic heterocycles. The van der Waals surface area contributed by atoms with Gasteiger partial charge in [-0.25, -0.2) is 0 Å². The summed E-state index contributed by atoms with van der Waals surface area (Å²) < 4.78 is 0. The molecule has 1 fully saturated rings. The van der Waals surface area contributed by atoms with Gasteiger partial charge in [0.05, 0.1) is 5.92 Å². The van der Waals surface area contributed by atoms with Crippen molar-refractivity contribution in [3.63, 3.8) is 0 Å². The zero-order valence-electron chi connectivity index (χ0n) is 15.0. The van der Waals surface area contributed by atoms with Crippen LogP contribution >= 0.6 is 0 Å². The average molecular weight is 350 g/mol. The van der Waals surface area contributed by atoms with Gasteiger partial charge in [0.2, 0.25) is 11.8 Å². The first kappa shape index (κ1) is 17.9. The molecule has 5 heteroatoms. The van der Waals surface area contributed by atoms with E-state index in [4.69, 9.17) is 0 Å². The third kappa shape index (κ3) is 3.67. The van der Waals surface area contributed by atoms with Crippen molar-refractivity contribution in [2.24, 2.45) is 5.92 Å². The third-order valence-electron chi connectivity index (χ3n) is 4.72. The molecule has 1 atom stereocenters. The lowest BCUT2D eigenvalue weighted by Gasteiger charge is -2.20. The number of aryl methyl sites for hydroxylation is 1. The molecule has 0 aliphatic carbocycles. The summed E-state index contributed by atoms with van der Waals surface area (Å²) in [5, 5.41) is 2.84. The topological polar surface area (TPSA) is 66.5 Å². The summed E-state index contributed by atoms with van der Waals surface area (Å²) in [5.74, 6) is -0.613. The van der Waals surface area contributed by atoms with Gasteiger partial charge in [0.25, 0.3) is 0 Å². The molecule has 2 amide bonds. The van der Waals surface area contributed by atoms with Crippen LogP contribution in [0.15, 0.2) is 48.5 Å². The Hall–Kier alpha value is -2.95. The number of para-hydroxylation sites is 1. The normalized spacial score (nSPS) is 16.6. The Morgan fingerprint density at radius 2 is 1.81 bits per heavy atom. The summed E-state index contributed by atoms with van der Waals surface area (Å²) >= 11 is 0. The number of hydrogen-bond donors (Lipinski definition) is 1. The highest BCUT2D eigenvalue weighted by molar-refractivity contribution is 6.04. The van der Waals surface area contributed by atoms with Crippen LogP contribution in [0.3, 0.4) is 0 Å². The lowest BCUT2D eigenvalue weighted by atomic mass is 10.1. The second kappa shape index (κ2) is 7.52. The van der Waals surface area contributed by atoms with E-state index in [0.717, 1.165) is 17.7 Å². The van der Waals surface area contributed by atoms with Crippen molar-refractivity contribution in [2.45, 2.75) is 26.7 Å². The maximum Gasteiger partial charge on any atom is 0.229 e. The summed E-state index contributed by atoms with van der Waals surface area (Å²) in [6, 6.07) is 14.6. The Bertz CT molecular complexity index is 843.